The molecular weight excluding hydrogens is 301 g/mol. The molecule has 0 saturated carbocycles. The Bertz CT molecular complexity index is 611. The lowest BCUT2D eigenvalue weighted by molar-refractivity contribution is 0.0984. The van der Waals surface area contributed by atoms with Gasteiger partial charge in [0.2, 0.25) is 0 Å². The van der Waals surface area contributed by atoms with Gasteiger partial charge in [-0.2, -0.15) is 0 Å². The van der Waals surface area contributed by atoms with E-state index in [0.29, 0.717) is 29.2 Å². The van der Waals surface area contributed by atoms with Crippen LogP contribution in [0.15, 0.2) is 41.1 Å². The Hall–Kier alpha value is -1.75. The van der Waals surface area contributed by atoms with Crippen molar-refractivity contribution in [2.75, 3.05) is 6.61 Å². The van der Waals surface area contributed by atoms with Crippen LogP contribution in [0.4, 0.5) is 4.39 Å². The molecule has 5 heteroatoms. The number of hydrogen-bond acceptors (Lipinski definition) is 3. The molecule has 0 aromatic heterocycles. The second-order valence-electron chi connectivity index (χ2n) is 5.11. The Morgan fingerprint density at radius 1 is 1.32 bits per heavy atom. The highest BCUT2D eigenvalue weighted by Gasteiger charge is 2.13. The topological polar surface area (TPSA) is 38.3 Å². The van der Waals surface area contributed by atoms with Crippen molar-refractivity contribution in [1.29, 1.82) is 0 Å². The minimum Gasteiger partial charge on any atom is -0.494 e. The molecule has 118 valence electrons. The van der Waals surface area contributed by atoms with Crippen LogP contribution in [0, 0.1) is 6.92 Å². The van der Waals surface area contributed by atoms with Crippen molar-refractivity contribution in [3.63, 3.8) is 0 Å². The van der Waals surface area contributed by atoms with Crippen LogP contribution in [0.5, 0.6) is 5.75 Å². The zero-order chi connectivity index (χ0) is 15.9. The average molecular weight is 321 g/mol. The molecule has 0 bridgehead atoms. The number of hydrogen-bond donors (Lipinski definition) is 1. The summed E-state index contributed by atoms with van der Waals surface area (Å²) in [5.74, 6) is 0.155. The minimum absolute atomic E-state index is 0.255. The number of halogens is 1. The van der Waals surface area contributed by atoms with Crippen LogP contribution in [0.25, 0.3) is 0 Å². The van der Waals surface area contributed by atoms with Gasteiger partial charge in [0.1, 0.15) is 11.6 Å². The Morgan fingerprint density at radius 2 is 2.09 bits per heavy atom. The summed E-state index contributed by atoms with van der Waals surface area (Å²) in [5.41, 5.74) is 1.46. The van der Waals surface area contributed by atoms with E-state index < -0.39 is 0 Å². The lowest BCUT2D eigenvalue weighted by Crippen LogP contribution is -2.16. The first kappa shape index (κ1) is 16.6. The van der Waals surface area contributed by atoms with Gasteiger partial charge in [-0.3, -0.25) is 9.52 Å². The molecule has 0 unspecified atom stereocenters. The summed E-state index contributed by atoms with van der Waals surface area (Å²) in [6.45, 7) is 4.55. The fourth-order valence-electron chi connectivity index (χ4n) is 2.06. The molecule has 0 aliphatic heterocycles. The van der Waals surface area contributed by atoms with Crippen LogP contribution in [-0.2, 0) is 0 Å². The molecule has 1 aromatic carbocycles. The van der Waals surface area contributed by atoms with Crippen LogP contribution in [-0.4, -0.2) is 12.5 Å². The lowest BCUT2D eigenvalue weighted by Gasteiger charge is -2.11. The molecule has 3 nitrogen and oxygen atoms in total. The predicted octanol–water partition coefficient (Wildman–Crippen LogP) is 4.69. The van der Waals surface area contributed by atoms with Crippen molar-refractivity contribution in [3.05, 3.63) is 52.2 Å². The van der Waals surface area contributed by atoms with Crippen molar-refractivity contribution < 1.29 is 13.9 Å². The summed E-state index contributed by atoms with van der Waals surface area (Å²) >= 11 is 1.02. The number of nitrogens with one attached hydrogen (secondary N) is 1. The largest absolute Gasteiger partial charge is 0.494 e. The van der Waals surface area contributed by atoms with E-state index in [0.717, 1.165) is 30.4 Å². The maximum Gasteiger partial charge on any atom is 0.261 e. The number of rotatable bonds is 6. The standard InChI is InChI=1S/C17H20FNO2S/c1-3-8-21-14-10-12(2)9-13(11-14)17(20)19-22-16-7-5-4-6-15(16)18/h6-7,9-11H,3-5,8H2,1-2H3,(H,19,20). The first-order valence-corrected chi connectivity index (χ1v) is 8.19. The predicted molar refractivity (Wildman–Crippen MR) is 88.5 cm³/mol. The molecule has 0 spiro atoms. The number of carbonyl (C=O) groups excluding carboxylic acids is 1. The van der Waals surface area contributed by atoms with E-state index in [9.17, 15) is 9.18 Å². The normalized spacial score (nSPS) is 14.1. The van der Waals surface area contributed by atoms with Gasteiger partial charge in [0.25, 0.3) is 5.91 Å². The number of amides is 1. The van der Waals surface area contributed by atoms with Crippen molar-refractivity contribution in [2.45, 2.75) is 33.1 Å². The Balaban J connectivity index is 2.01. The summed E-state index contributed by atoms with van der Waals surface area (Å²) in [7, 11) is 0. The van der Waals surface area contributed by atoms with E-state index in [-0.39, 0.29) is 11.7 Å². The molecule has 1 amide bonds. The fourth-order valence-corrected chi connectivity index (χ4v) is 2.76. The molecule has 0 atom stereocenters. The smallest absolute Gasteiger partial charge is 0.261 e. The van der Waals surface area contributed by atoms with Gasteiger partial charge >= 0.3 is 0 Å². The molecule has 0 saturated heterocycles. The minimum atomic E-state index is -0.271. The highest BCUT2D eigenvalue weighted by molar-refractivity contribution is 8.02. The van der Waals surface area contributed by atoms with E-state index >= 15 is 0 Å². The van der Waals surface area contributed by atoms with Crippen LogP contribution in [0.1, 0.15) is 42.1 Å². The molecule has 2 rings (SSSR count). The van der Waals surface area contributed by atoms with Crippen molar-refractivity contribution in [2.24, 2.45) is 0 Å². The summed E-state index contributed by atoms with van der Waals surface area (Å²) in [5, 5.41) is 0. The second kappa shape index (κ2) is 8.03. The van der Waals surface area contributed by atoms with Gasteiger partial charge in [-0.25, -0.2) is 4.39 Å². The highest BCUT2D eigenvalue weighted by Crippen LogP contribution is 2.28. The average Bonchev–Trinajstić information content (AvgIpc) is 2.51. The first-order valence-electron chi connectivity index (χ1n) is 7.38. The quantitative estimate of drug-likeness (QED) is 0.772. The summed E-state index contributed by atoms with van der Waals surface area (Å²) in [6.07, 6.45) is 5.75. The zero-order valence-corrected chi connectivity index (χ0v) is 13.6. The van der Waals surface area contributed by atoms with Gasteiger partial charge in [-0.15, -0.1) is 0 Å². The van der Waals surface area contributed by atoms with Crippen molar-refractivity contribution in [3.8, 4) is 5.75 Å². The maximum absolute atomic E-state index is 13.6. The van der Waals surface area contributed by atoms with E-state index in [2.05, 4.69) is 4.72 Å². The van der Waals surface area contributed by atoms with Gasteiger partial charge in [-0.1, -0.05) is 13.0 Å². The Morgan fingerprint density at radius 3 is 2.82 bits per heavy atom. The third-order valence-corrected chi connectivity index (χ3v) is 3.96. The van der Waals surface area contributed by atoms with Gasteiger partial charge < -0.3 is 4.74 Å². The molecule has 0 heterocycles. The Kier molecular flexibility index (Phi) is 6.07. The van der Waals surface area contributed by atoms with Crippen molar-refractivity contribution >= 4 is 17.9 Å². The molecule has 22 heavy (non-hydrogen) atoms. The number of allylic oxidation sites excluding steroid dienone is 3. The van der Waals surface area contributed by atoms with Crippen LogP contribution in [0.2, 0.25) is 0 Å². The summed E-state index contributed by atoms with van der Waals surface area (Å²) < 4.78 is 21.8. The third-order valence-electron chi connectivity index (χ3n) is 3.09. The number of carbonyl (C=O) groups is 1. The van der Waals surface area contributed by atoms with Gasteiger partial charge in [-0.05, 0) is 68.0 Å². The van der Waals surface area contributed by atoms with E-state index in [1.165, 1.54) is 6.08 Å². The van der Waals surface area contributed by atoms with Crippen LogP contribution >= 0.6 is 11.9 Å². The molecule has 0 fully saturated rings. The molecular formula is C17H20FNO2S. The van der Waals surface area contributed by atoms with Gasteiger partial charge in [0.15, 0.2) is 0 Å². The van der Waals surface area contributed by atoms with Crippen molar-refractivity contribution in [1.82, 2.24) is 4.72 Å². The molecule has 1 aliphatic rings. The molecule has 1 aliphatic carbocycles. The summed E-state index contributed by atoms with van der Waals surface area (Å²) in [6, 6.07) is 5.39. The summed E-state index contributed by atoms with van der Waals surface area (Å²) in [4.78, 5) is 12.7. The number of ether oxygens (including phenoxy) is 1. The van der Waals surface area contributed by atoms with Gasteiger partial charge in [0.05, 0.1) is 11.5 Å². The maximum atomic E-state index is 13.6. The SMILES string of the molecule is CCCOc1cc(C)cc(C(=O)NSC2=CCCC=C2F)c1. The fraction of sp³-hybridized carbons (Fsp3) is 0.353. The third kappa shape index (κ3) is 4.63. The Labute approximate surface area is 134 Å². The number of benzene rings is 1. The molecule has 0 radical (unpaired) electrons. The van der Waals surface area contributed by atoms with Crippen LogP contribution < -0.4 is 9.46 Å². The highest BCUT2D eigenvalue weighted by atomic mass is 32.2. The van der Waals surface area contributed by atoms with E-state index in [4.69, 9.17) is 4.74 Å². The zero-order valence-electron chi connectivity index (χ0n) is 12.8. The first-order chi connectivity index (χ1) is 10.6. The van der Waals surface area contributed by atoms with Crippen LogP contribution in [0.3, 0.4) is 0 Å². The second-order valence-corrected chi connectivity index (χ2v) is 5.96. The lowest BCUT2D eigenvalue weighted by atomic mass is 10.1. The molecule has 1 aromatic rings. The monoisotopic (exact) mass is 321 g/mol. The molecule has 1 N–H and O–H groups in total. The van der Waals surface area contributed by atoms with Gasteiger partial charge in [0, 0.05) is 5.56 Å². The van der Waals surface area contributed by atoms with E-state index in [1.54, 1.807) is 18.2 Å². The van der Waals surface area contributed by atoms with E-state index in [1.807, 2.05) is 19.9 Å². The number of aryl methyl sites for hydroxylation is 1.